The lowest BCUT2D eigenvalue weighted by atomic mass is 9.98. The van der Waals surface area contributed by atoms with Crippen molar-refractivity contribution in [3.05, 3.63) is 59.7 Å². The van der Waals surface area contributed by atoms with Gasteiger partial charge in [0.15, 0.2) is 6.61 Å². The van der Waals surface area contributed by atoms with Gasteiger partial charge in [-0.3, -0.25) is 19.2 Å². The molecule has 7 N–H and O–H groups in total. The Bertz CT molecular complexity index is 1050. The molecule has 11 heteroatoms. The molecule has 11 nitrogen and oxygen atoms in total. The van der Waals surface area contributed by atoms with E-state index in [0.717, 1.165) is 22.3 Å². The van der Waals surface area contributed by atoms with Gasteiger partial charge in [0.1, 0.15) is 6.61 Å². The van der Waals surface area contributed by atoms with Crippen LogP contribution >= 0.6 is 0 Å². The van der Waals surface area contributed by atoms with E-state index in [2.05, 4.69) is 16.1 Å². The lowest BCUT2D eigenvalue weighted by Gasteiger charge is -2.14. The predicted molar refractivity (Wildman–Crippen MR) is 131 cm³/mol. The Hall–Kier alpha value is -3.96. The van der Waals surface area contributed by atoms with Crippen molar-refractivity contribution in [2.45, 2.75) is 31.2 Å². The third-order valence-corrected chi connectivity index (χ3v) is 5.74. The zero-order valence-corrected chi connectivity index (χ0v) is 19.8. The van der Waals surface area contributed by atoms with E-state index in [4.69, 9.17) is 21.0 Å². The van der Waals surface area contributed by atoms with Crippen LogP contribution in [0.2, 0.25) is 0 Å². The topological polar surface area (TPSA) is 175 Å². The second-order valence-corrected chi connectivity index (χ2v) is 8.35. The summed E-state index contributed by atoms with van der Waals surface area (Å²) in [6, 6.07) is 15.3. The standard InChI is InChI=1S/C25H31N5O6/c26-21(24(33)29-13-22(27)31)11-5-6-12-28-23(32)15-36-30-25(34)35-14-20-18-9-3-1-7-16(18)17-8-2-4-10-19(17)20/h1-4,7-10,20-21H,5-6,11-15,26H2,(H2,27,31)(H,28,32)(H,29,33)(H,30,34). The maximum atomic E-state index is 12.0. The number of primary amides is 1. The predicted octanol–water partition coefficient (Wildman–Crippen LogP) is 0.672. The summed E-state index contributed by atoms with van der Waals surface area (Å²) in [4.78, 5) is 51.1. The molecule has 192 valence electrons. The molecule has 1 atom stereocenters. The highest BCUT2D eigenvalue weighted by Gasteiger charge is 2.29. The Kier molecular flexibility index (Phi) is 9.78. The van der Waals surface area contributed by atoms with Crippen LogP contribution in [0.15, 0.2) is 48.5 Å². The first kappa shape index (κ1) is 26.6. The van der Waals surface area contributed by atoms with Crippen LogP contribution < -0.4 is 27.6 Å². The summed E-state index contributed by atoms with van der Waals surface area (Å²) < 4.78 is 5.33. The zero-order valence-electron chi connectivity index (χ0n) is 19.8. The highest BCUT2D eigenvalue weighted by molar-refractivity contribution is 5.86. The Balaban J connectivity index is 1.28. The van der Waals surface area contributed by atoms with Gasteiger partial charge in [-0.05, 0) is 41.5 Å². The molecule has 0 spiro atoms. The van der Waals surface area contributed by atoms with Crippen molar-refractivity contribution in [2.75, 3.05) is 26.3 Å². The monoisotopic (exact) mass is 497 g/mol. The normalized spacial score (nSPS) is 12.7. The molecule has 3 rings (SSSR count). The maximum absolute atomic E-state index is 12.0. The van der Waals surface area contributed by atoms with E-state index < -0.39 is 29.9 Å². The molecule has 2 aromatic rings. The summed E-state index contributed by atoms with van der Waals surface area (Å²) in [6.45, 7) is -0.146. The average molecular weight is 498 g/mol. The molecule has 1 aliphatic rings. The molecular weight excluding hydrogens is 466 g/mol. The fraction of sp³-hybridized carbons (Fsp3) is 0.360. The van der Waals surface area contributed by atoms with Crippen LogP contribution in [0.5, 0.6) is 0 Å². The number of nitrogens with two attached hydrogens (primary N) is 2. The molecule has 2 aromatic carbocycles. The second kappa shape index (κ2) is 13.2. The van der Waals surface area contributed by atoms with E-state index in [9.17, 15) is 19.2 Å². The molecule has 0 saturated heterocycles. The Labute approximate surface area is 208 Å². The van der Waals surface area contributed by atoms with Gasteiger partial charge in [-0.2, -0.15) is 5.48 Å². The molecule has 0 radical (unpaired) electrons. The van der Waals surface area contributed by atoms with Crippen LogP contribution in [0.3, 0.4) is 0 Å². The number of unbranched alkanes of at least 4 members (excludes halogenated alkanes) is 1. The van der Waals surface area contributed by atoms with Gasteiger partial charge >= 0.3 is 6.09 Å². The van der Waals surface area contributed by atoms with Crippen molar-refractivity contribution in [3.63, 3.8) is 0 Å². The van der Waals surface area contributed by atoms with Crippen molar-refractivity contribution in [1.29, 1.82) is 0 Å². The highest BCUT2D eigenvalue weighted by atomic mass is 16.7. The molecular formula is C25H31N5O6. The lowest BCUT2D eigenvalue weighted by Crippen LogP contribution is -2.43. The van der Waals surface area contributed by atoms with Gasteiger partial charge in [0.05, 0.1) is 12.6 Å². The number of carbonyl (C=O) groups excluding carboxylic acids is 4. The molecule has 0 aromatic heterocycles. The highest BCUT2D eigenvalue weighted by Crippen LogP contribution is 2.44. The first-order chi connectivity index (χ1) is 17.4. The third-order valence-electron chi connectivity index (χ3n) is 5.74. The van der Waals surface area contributed by atoms with Crippen LogP contribution in [0.1, 0.15) is 36.3 Å². The second-order valence-electron chi connectivity index (χ2n) is 8.35. The molecule has 0 bridgehead atoms. The average Bonchev–Trinajstić information content (AvgIpc) is 3.19. The Morgan fingerprint density at radius 3 is 2.19 bits per heavy atom. The van der Waals surface area contributed by atoms with Crippen LogP contribution in [-0.2, 0) is 24.0 Å². The SMILES string of the molecule is NC(=O)CNC(=O)C(N)CCCCNC(=O)CONC(=O)OCC1c2ccccc2-c2ccccc21. The number of nitrogens with one attached hydrogen (secondary N) is 3. The third kappa shape index (κ3) is 7.52. The quantitative estimate of drug-likeness (QED) is 0.200. The molecule has 1 aliphatic carbocycles. The number of rotatable bonds is 13. The number of amides is 4. The van der Waals surface area contributed by atoms with E-state index in [1.807, 2.05) is 48.5 Å². The number of carbonyl (C=O) groups is 4. The number of benzene rings is 2. The number of fused-ring (bicyclic) bond motifs is 3. The van der Waals surface area contributed by atoms with Gasteiger partial charge in [0, 0.05) is 12.5 Å². The lowest BCUT2D eigenvalue weighted by molar-refractivity contribution is -0.128. The van der Waals surface area contributed by atoms with E-state index in [0.29, 0.717) is 25.8 Å². The summed E-state index contributed by atoms with van der Waals surface area (Å²) in [5.74, 6) is -1.59. The van der Waals surface area contributed by atoms with Crippen molar-refractivity contribution in [2.24, 2.45) is 11.5 Å². The Morgan fingerprint density at radius 2 is 1.56 bits per heavy atom. The number of hydrogen-bond acceptors (Lipinski definition) is 7. The maximum Gasteiger partial charge on any atom is 0.431 e. The molecule has 36 heavy (non-hydrogen) atoms. The van der Waals surface area contributed by atoms with Crippen LogP contribution in [0.4, 0.5) is 4.79 Å². The van der Waals surface area contributed by atoms with Gasteiger partial charge in [0.25, 0.3) is 0 Å². The molecule has 0 saturated carbocycles. The number of hydrogen-bond donors (Lipinski definition) is 5. The van der Waals surface area contributed by atoms with Gasteiger partial charge in [-0.15, -0.1) is 0 Å². The minimum atomic E-state index is -0.784. The summed E-state index contributed by atoms with van der Waals surface area (Å²) in [6.07, 6.45) is 0.778. The van der Waals surface area contributed by atoms with E-state index in [1.54, 1.807) is 0 Å². The smallest absolute Gasteiger partial charge is 0.431 e. The molecule has 0 fully saturated rings. The van der Waals surface area contributed by atoms with Gasteiger partial charge in [-0.1, -0.05) is 48.5 Å². The fourth-order valence-electron chi connectivity index (χ4n) is 3.99. The minimum absolute atomic E-state index is 0.0752. The zero-order chi connectivity index (χ0) is 25.9. The van der Waals surface area contributed by atoms with E-state index in [1.165, 1.54) is 0 Å². The summed E-state index contributed by atoms with van der Waals surface area (Å²) >= 11 is 0. The summed E-state index contributed by atoms with van der Waals surface area (Å²) in [5.41, 5.74) is 17.3. The first-order valence-corrected chi connectivity index (χ1v) is 11.7. The fourth-order valence-corrected chi connectivity index (χ4v) is 3.99. The van der Waals surface area contributed by atoms with Crippen molar-refractivity contribution < 1.29 is 28.8 Å². The molecule has 1 unspecified atom stereocenters. The number of ether oxygens (including phenoxy) is 1. The Morgan fingerprint density at radius 1 is 0.917 bits per heavy atom. The van der Waals surface area contributed by atoms with Gasteiger partial charge in [-0.25, -0.2) is 4.79 Å². The molecule has 0 heterocycles. The van der Waals surface area contributed by atoms with Crippen LogP contribution in [0, 0.1) is 0 Å². The van der Waals surface area contributed by atoms with Gasteiger partial charge < -0.3 is 26.8 Å². The van der Waals surface area contributed by atoms with Crippen molar-refractivity contribution in [3.8, 4) is 11.1 Å². The van der Waals surface area contributed by atoms with Gasteiger partial charge in [0.2, 0.25) is 17.7 Å². The van der Waals surface area contributed by atoms with Crippen molar-refractivity contribution in [1.82, 2.24) is 16.1 Å². The van der Waals surface area contributed by atoms with E-state index >= 15 is 0 Å². The van der Waals surface area contributed by atoms with Crippen LogP contribution in [0.25, 0.3) is 11.1 Å². The summed E-state index contributed by atoms with van der Waals surface area (Å²) in [5, 5.41) is 4.98. The summed E-state index contributed by atoms with van der Waals surface area (Å²) in [7, 11) is 0. The van der Waals surface area contributed by atoms with E-state index in [-0.39, 0.29) is 25.7 Å². The molecule has 4 amide bonds. The first-order valence-electron chi connectivity index (χ1n) is 11.7. The minimum Gasteiger partial charge on any atom is -0.447 e. The van der Waals surface area contributed by atoms with Crippen LogP contribution in [-0.4, -0.2) is 56.2 Å². The van der Waals surface area contributed by atoms with Crippen molar-refractivity contribution >= 4 is 23.8 Å². The number of hydroxylamine groups is 1. The largest absolute Gasteiger partial charge is 0.447 e. The molecule has 0 aliphatic heterocycles.